The molecule has 1 saturated carbocycles. The number of hydrogen-bond acceptors (Lipinski definition) is 7. The fraction of sp³-hybridized carbons (Fsp3) is 0.467. The van der Waals surface area contributed by atoms with Crippen molar-refractivity contribution in [2.45, 2.75) is 74.7 Å². The molecule has 216 valence electrons. The topological polar surface area (TPSA) is 137 Å². The molecule has 2 aromatic rings. The molecule has 0 spiro atoms. The fourth-order valence-electron chi connectivity index (χ4n) is 5.35. The second-order valence-corrected chi connectivity index (χ2v) is 13.1. The minimum absolute atomic E-state index is 0.149. The molecule has 40 heavy (non-hydrogen) atoms. The number of hydroxylamine groups is 1. The van der Waals surface area contributed by atoms with Gasteiger partial charge >= 0.3 is 0 Å². The van der Waals surface area contributed by atoms with Crippen LogP contribution in [0.25, 0.3) is 6.08 Å². The molecule has 1 saturated heterocycles. The van der Waals surface area contributed by atoms with Crippen LogP contribution in [0.15, 0.2) is 54.6 Å². The number of hydrazine groups is 1. The minimum Gasteiger partial charge on any atom is -0.350 e. The van der Waals surface area contributed by atoms with Gasteiger partial charge in [0.1, 0.15) is 0 Å². The van der Waals surface area contributed by atoms with Crippen LogP contribution in [0.4, 0.5) is 0 Å². The maximum atomic E-state index is 13.9. The standard InChI is InChI=1S/C30H39N3O6S/c1-30(29(35)32-31,40(2,36)37)25-18-10-16-23(22-14-9-15-22)27(25)24(17-8-13-21-11-4-3-5-12-21)28(34)33-39-26-19-6-7-20-38-26/h3-5,8,10-13,16,18,22,24,26H,6-7,9,14-15,17,19-20,31H2,1-2H3,(H,32,35)(H,33,34)/b13-8+/t24-,26?,30+/m0/s1. The van der Waals surface area contributed by atoms with Gasteiger partial charge in [0.25, 0.3) is 11.8 Å². The van der Waals surface area contributed by atoms with E-state index < -0.39 is 38.6 Å². The summed E-state index contributed by atoms with van der Waals surface area (Å²) in [7, 11) is -4.03. The van der Waals surface area contributed by atoms with Gasteiger partial charge in [0, 0.05) is 19.3 Å². The molecular formula is C30H39N3O6S. The third-order valence-corrected chi connectivity index (χ3v) is 9.97. The number of hydrogen-bond donors (Lipinski definition) is 3. The van der Waals surface area contributed by atoms with Crippen molar-refractivity contribution < 1.29 is 27.6 Å². The summed E-state index contributed by atoms with van der Waals surface area (Å²) in [6.07, 6.45) is 9.89. The summed E-state index contributed by atoms with van der Waals surface area (Å²) in [5.74, 6) is 3.49. The molecule has 0 radical (unpaired) electrons. The van der Waals surface area contributed by atoms with Gasteiger partial charge in [-0.1, -0.05) is 67.1 Å². The molecule has 4 rings (SSSR count). The number of amides is 2. The van der Waals surface area contributed by atoms with E-state index in [9.17, 15) is 18.0 Å². The Balaban J connectivity index is 1.81. The summed E-state index contributed by atoms with van der Waals surface area (Å²) < 4.78 is 30.0. The molecule has 1 aliphatic carbocycles. The van der Waals surface area contributed by atoms with E-state index in [1.807, 2.05) is 54.0 Å². The van der Waals surface area contributed by atoms with Crippen molar-refractivity contribution in [3.05, 3.63) is 76.9 Å². The number of carbonyl (C=O) groups excluding carboxylic acids is 2. The first-order valence-electron chi connectivity index (χ1n) is 13.8. The van der Waals surface area contributed by atoms with Crippen LogP contribution in [0.5, 0.6) is 0 Å². The molecule has 2 amide bonds. The van der Waals surface area contributed by atoms with E-state index in [-0.39, 0.29) is 17.9 Å². The van der Waals surface area contributed by atoms with E-state index in [1.165, 1.54) is 6.92 Å². The Kier molecular flexibility index (Phi) is 9.78. The second-order valence-electron chi connectivity index (χ2n) is 10.7. The van der Waals surface area contributed by atoms with Crippen LogP contribution < -0.4 is 16.7 Å². The lowest BCUT2D eigenvalue weighted by Crippen LogP contribution is -2.51. The van der Waals surface area contributed by atoms with Crippen molar-refractivity contribution in [1.82, 2.24) is 10.9 Å². The highest BCUT2D eigenvalue weighted by Gasteiger charge is 2.48. The van der Waals surface area contributed by atoms with Gasteiger partial charge in [0.05, 0.1) is 5.92 Å². The Morgan fingerprint density at radius 1 is 1.10 bits per heavy atom. The summed E-state index contributed by atoms with van der Waals surface area (Å²) in [5, 5.41) is 0. The van der Waals surface area contributed by atoms with Gasteiger partial charge in [-0.15, -0.1) is 0 Å². The van der Waals surface area contributed by atoms with E-state index in [2.05, 4.69) is 5.48 Å². The number of carbonyl (C=O) groups is 2. The molecule has 9 nitrogen and oxygen atoms in total. The summed E-state index contributed by atoms with van der Waals surface area (Å²) in [4.78, 5) is 32.7. The Labute approximate surface area is 236 Å². The third-order valence-electron chi connectivity index (χ3n) is 8.08. The molecule has 0 bridgehead atoms. The smallest absolute Gasteiger partial charge is 0.259 e. The zero-order valence-corrected chi connectivity index (χ0v) is 23.9. The highest BCUT2D eigenvalue weighted by Crippen LogP contribution is 2.45. The minimum atomic E-state index is -4.03. The molecule has 1 unspecified atom stereocenters. The van der Waals surface area contributed by atoms with E-state index in [0.29, 0.717) is 18.6 Å². The summed E-state index contributed by atoms with van der Waals surface area (Å²) in [6.45, 7) is 1.90. The molecule has 1 aliphatic heterocycles. The van der Waals surface area contributed by atoms with E-state index in [0.717, 1.165) is 49.5 Å². The normalized spacial score (nSPS) is 20.3. The zero-order valence-electron chi connectivity index (χ0n) is 23.1. The molecule has 0 aromatic heterocycles. The van der Waals surface area contributed by atoms with Gasteiger partial charge in [-0.25, -0.2) is 24.6 Å². The number of rotatable bonds is 11. The predicted octanol–water partition coefficient (Wildman–Crippen LogP) is 3.97. The van der Waals surface area contributed by atoms with Gasteiger partial charge < -0.3 is 4.74 Å². The third kappa shape index (κ3) is 6.46. The van der Waals surface area contributed by atoms with Crippen molar-refractivity contribution in [2.24, 2.45) is 5.84 Å². The van der Waals surface area contributed by atoms with Crippen LogP contribution in [0.3, 0.4) is 0 Å². The van der Waals surface area contributed by atoms with Gasteiger partial charge in [-0.3, -0.25) is 15.0 Å². The van der Waals surface area contributed by atoms with Gasteiger partial charge in [-0.05, 0) is 67.2 Å². The zero-order chi connectivity index (χ0) is 28.8. The predicted molar refractivity (Wildman–Crippen MR) is 153 cm³/mol. The number of sulfone groups is 1. The van der Waals surface area contributed by atoms with Crippen LogP contribution in [-0.4, -0.2) is 39.4 Å². The average molecular weight is 570 g/mol. The molecule has 4 N–H and O–H groups in total. The van der Waals surface area contributed by atoms with Crippen molar-refractivity contribution in [2.75, 3.05) is 12.9 Å². The average Bonchev–Trinajstić information content (AvgIpc) is 2.93. The van der Waals surface area contributed by atoms with Gasteiger partial charge in [0.15, 0.2) is 20.9 Å². The van der Waals surface area contributed by atoms with Crippen molar-refractivity contribution >= 4 is 27.7 Å². The Morgan fingerprint density at radius 2 is 1.85 bits per heavy atom. The maximum Gasteiger partial charge on any atom is 0.259 e. The lowest BCUT2D eigenvalue weighted by Gasteiger charge is -2.35. The lowest BCUT2D eigenvalue weighted by molar-refractivity contribution is -0.201. The lowest BCUT2D eigenvalue weighted by atomic mass is 9.72. The van der Waals surface area contributed by atoms with Crippen LogP contribution in [0.1, 0.15) is 86.0 Å². The SMILES string of the molecule is C[C@](C(=O)NN)(c1cccc(C2CCC2)c1[C@H](C/C=C/c1ccccc1)C(=O)NOC1CCCCO1)S(C)(=O)=O. The van der Waals surface area contributed by atoms with Crippen molar-refractivity contribution in [3.63, 3.8) is 0 Å². The first-order valence-corrected chi connectivity index (χ1v) is 15.7. The van der Waals surface area contributed by atoms with Crippen molar-refractivity contribution in [3.8, 4) is 0 Å². The van der Waals surface area contributed by atoms with Gasteiger partial charge in [-0.2, -0.15) is 0 Å². The monoisotopic (exact) mass is 569 g/mol. The molecular weight excluding hydrogens is 530 g/mol. The molecule has 1 heterocycles. The Morgan fingerprint density at radius 3 is 2.45 bits per heavy atom. The van der Waals surface area contributed by atoms with Crippen LogP contribution in [-0.2, 0) is 33.7 Å². The number of allylic oxidation sites excluding steroid dienone is 1. The van der Waals surface area contributed by atoms with Crippen LogP contribution in [0.2, 0.25) is 0 Å². The number of nitrogens with one attached hydrogen (secondary N) is 2. The van der Waals surface area contributed by atoms with Crippen LogP contribution >= 0.6 is 0 Å². The fourth-order valence-corrected chi connectivity index (χ4v) is 6.32. The number of ether oxygens (including phenoxy) is 1. The van der Waals surface area contributed by atoms with Crippen molar-refractivity contribution in [1.29, 1.82) is 0 Å². The molecule has 2 aliphatic rings. The number of benzene rings is 2. The highest BCUT2D eigenvalue weighted by atomic mass is 32.2. The molecule has 2 aromatic carbocycles. The first kappa shape index (κ1) is 29.9. The quantitative estimate of drug-likeness (QED) is 0.212. The maximum absolute atomic E-state index is 13.9. The Hall–Kier alpha value is -3.05. The van der Waals surface area contributed by atoms with Gasteiger partial charge in [0.2, 0.25) is 0 Å². The highest BCUT2D eigenvalue weighted by molar-refractivity contribution is 7.92. The molecule has 10 heteroatoms. The first-order chi connectivity index (χ1) is 19.2. The van der Waals surface area contributed by atoms with E-state index in [4.69, 9.17) is 15.4 Å². The largest absolute Gasteiger partial charge is 0.350 e. The summed E-state index contributed by atoms with van der Waals surface area (Å²) >= 11 is 0. The molecule has 2 fully saturated rings. The summed E-state index contributed by atoms with van der Waals surface area (Å²) in [5.41, 5.74) is 7.22. The Bertz CT molecular complexity index is 1320. The van der Waals surface area contributed by atoms with E-state index >= 15 is 0 Å². The van der Waals surface area contributed by atoms with Crippen LogP contribution in [0, 0.1) is 0 Å². The second kappa shape index (κ2) is 13.1. The molecule has 3 atom stereocenters. The number of nitrogens with two attached hydrogens (primary N) is 1. The van der Waals surface area contributed by atoms with E-state index in [1.54, 1.807) is 12.1 Å². The summed E-state index contributed by atoms with van der Waals surface area (Å²) in [6, 6.07) is 15.0.